The molecule has 17 heavy (non-hydrogen) atoms. The van der Waals surface area contributed by atoms with Crippen LogP contribution in [0.15, 0.2) is 30.3 Å². The monoisotopic (exact) mass is 228 g/mol. The molecule has 2 rings (SSSR count). The molecule has 1 aromatic rings. The molecule has 1 aliphatic carbocycles. The SMILES string of the molecule is CCC=C(c1ccc(C)cc1)C1CCCCC1. The summed E-state index contributed by atoms with van der Waals surface area (Å²) in [5.74, 6) is 0.811. The van der Waals surface area contributed by atoms with E-state index in [1.54, 1.807) is 5.57 Å². The fourth-order valence-corrected chi connectivity index (χ4v) is 2.90. The fraction of sp³-hybridized carbons (Fsp3) is 0.529. The molecule has 0 spiro atoms. The second-order valence-electron chi connectivity index (χ2n) is 5.27. The molecule has 92 valence electrons. The zero-order valence-electron chi connectivity index (χ0n) is 11.2. The molecule has 0 atom stereocenters. The van der Waals surface area contributed by atoms with Gasteiger partial charge in [-0.25, -0.2) is 0 Å². The number of allylic oxidation sites excluding steroid dienone is 2. The van der Waals surface area contributed by atoms with Crippen molar-refractivity contribution in [1.29, 1.82) is 0 Å². The van der Waals surface area contributed by atoms with Gasteiger partial charge in [0.1, 0.15) is 0 Å². The molecule has 0 heteroatoms. The first-order valence-electron chi connectivity index (χ1n) is 7.08. The maximum absolute atomic E-state index is 2.45. The van der Waals surface area contributed by atoms with E-state index in [0.29, 0.717) is 0 Å². The van der Waals surface area contributed by atoms with E-state index in [1.807, 2.05) is 0 Å². The molecule has 0 unspecified atom stereocenters. The van der Waals surface area contributed by atoms with Gasteiger partial charge in [-0.15, -0.1) is 0 Å². The maximum Gasteiger partial charge on any atom is -0.0159 e. The van der Waals surface area contributed by atoms with Crippen LogP contribution in [0.1, 0.15) is 56.6 Å². The minimum absolute atomic E-state index is 0.811. The highest BCUT2D eigenvalue weighted by Gasteiger charge is 2.18. The minimum Gasteiger partial charge on any atom is -0.0807 e. The first kappa shape index (κ1) is 12.4. The summed E-state index contributed by atoms with van der Waals surface area (Å²) in [7, 11) is 0. The average molecular weight is 228 g/mol. The molecule has 0 aromatic heterocycles. The van der Waals surface area contributed by atoms with Crippen molar-refractivity contribution >= 4 is 5.57 Å². The van der Waals surface area contributed by atoms with Crippen LogP contribution in [-0.4, -0.2) is 0 Å². The summed E-state index contributed by atoms with van der Waals surface area (Å²) in [6.45, 7) is 4.41. The van der Waals surface area contributed by atoms with Crippen LogP contribution >= 0.6 is 0 Å². The molecule has 0 radical (unpaired) electrons. The van der Waals surface area contributed by atoms with Crippen LogP contribution in [0, 0.1) is 12.8 Å². The number of hydrogen-bond acceptors (Lipinski definition) is 0. The number of rotatable bonds is 3. The van der Waals surface area contributed by atoms with Crippen LogP contribution in [0.5, 0.6) is 0 Å². The van der Waals surface area contributed by atoms with Crippen molar-refractivity contribution in [2.45, 2.75) is 52.4 Å². The standard InChI is InChI=1S/C17H24/c1-3-7-17(15-8-5-4-6-9-15)16-12-10-14(2)11-13-16/h7,10-13,15H,3-6,8-9H2,1-2H3. The Bertz CT molecular complexity index is 364. The van der Waals surface area contributed by atoms with E-state index < -0.39 is 0 Å². The summed E-state index contributed by atoms with van der Waals surface area (Å²) in [5.41, 5.74) is 4.41. The second kappa shape index (κ2) is 6.05. The highest BCUT2D eigenvalue weighted by Crippen LogP contribution is 2.35. The lowest BCUT2D eigenvalue weighted by molar-refractivity contribution is 0.429. The summed E-state index contributed by atoms with van der Waals surface area (Å²) >= 11 is 0. The minimum atomic E-state index is 0.811. The van der Waals surface area contributed by atoms with Crippen LogP contribution < -0.4 is 0 Å². The van der Waals surface area contributed by atoms with Crippen molar-refractivity contribution in [2.24, 2.45) is 5.92 Å². The van der Waals surface area contributed by atoms with Gasteiger partial charge in [0.05, 0.1) is 0 Å². The zero-order chi connectivity index (χ0) is 12.1. The highest BCUT2D eigenvalue weighted by molar-refractivity contribution is 5.67. The van der Waals surface area contributed by atoms with Crippen molar-refractivity contribution in [3.05, 3.63) is 41.5 Å². The van der Waals surface area contributed by atoms with Crippen LogP contribution in [0.2, 0.25) is 0 Å². The van der Waals surface area contributed by atoms with Crippen molar-refractivity contribution < 1.29 is 0 Å². The van der Waals surface area contributed by atoms with Gasteiger partial charge in [0.15, 0.2) is 0 Å². The van der Waals surface area contributed by atoms with Crippen LogP contribution in [0.4, 0.5) is 0 Å². The Hall–Kier alpha value is -1.04. The molecule has 0 nitrogen and oxygen atoms in total. The zero-order valence-corrected chi connectivity index (χ0v) is 11.2. The van der Waals surface area contributed by atoms with E-state index >= 15 is 0 Å². The Morgan fingerprint density at radius 1 is 1.12 bits per heavy atom. The predicted octanol–water partition coefficient (Wildman–Crippen LogP) is 5.37. The van der Waals surface area contributed by atoms with Gasteiger partial charge >= 0.3 is 0 Å². The summed E-state index contributed by atoms with van der Waals surface area (Å²) in [4.78, 5) is 0. The molecule has 0 amide bonds. The molecular formula is C17H24. The molecule has 1 aromatic carbocycles. The molecule has 0 aliphatic heterocycles. The summed E-state index contributed by atoms with van der Waals surface area (Å²) < 4.78 is 0. The highest BCUT2D eigenvalue weighted by atomic mass is 14.2. The Morgan fingerprint density at radius 3 is 2.35 bits per heavy atom. The van der Waals surface area contributed by atoms with Gasteiger partial charge in [0, 0.05) is 0 Å². The molecule has 1 saturated carbocycles. The first-order valence-corrected chi connectivity index (χ1v) is 7.08. The number of benzene rings is 1. The number of aryl methyl sites for hydroxylation is 1. The molecule has 1 aliphatic rings. The van der Waals surface area contributed by atoms with Gasteiger partial charge in [-0.05, 0) is 43.2 Å². The van der Waals surface area contributed by atoms with Gasteiger partial charge in [0.25, 0.3) is 0 Å². The third kappa shape index (κ3) is 3.21. The number of hydrogen-bond donors (Lipinski definition) is 0. The lowest BCUT2D eigenvalue weighted by Gasteiger charge is -2.25. The van der Waals surface area contributed by atoms with Crippen molar-refractivity contribution in [2.75, 3.05) is 0 Å². The molecule has 1 fully saturated rings. The molecule has 0 bridgehead atoms. The van der Waals surface area contributed by atoms with Gasteiger partial charge in [-0.3, -0.25) is 0 Å². The Balaban J connectivity index is 2.22. The first-order chi connectivity index (χ1) is 8.31. The fourth-order valence-electron chi connectivity index (χ4n) is 2.90. The van der Waals surface area contributed by atoms with E-state index in [2.05, 4.69) is 44.2 Å². The smallest absolute Gasteiger partial charge is 0.0159 e. The van der Waals surface area contributed by atoms with E-state index in [0.717, 1.165) is 12.3 Å². The lowest BCUT2D eigenvalue weighted by atomic mass is 9.80. The largest absolute Gasteiger partial charge is 0.0807 e. The topological polar surface area (TPSA) is 0 Å². The Kier molecular flexibility index (Phi) is 4.42. The van der Waals surface area contributed by atoms with Gasteiger partial charge < -0.3 is 0 Å². The van der Waals surface area contributed by atoms with Crippen LogP contribution in [0.25, 0.3) is 5.57 Å². The normalized spacial score (nSPS) is 18.4. The van der Waals surface area contributed by atoms with E-state index in [9.17, 15) is 0 Å². The molecule has 0 saturated heterocycles. The maximum atomic E-state index is 2.45. The van der Waals surface area contributed by atoms with Gasteiger partial charge in [-0.2, -0.15) is 0 Å². The summed E-state index contributed by atoms with van der Waals surface area (Å²) in [5, 5.41) is 0. The third-order valence-corrected chi connectivity index (χ3v) is 3.85. The van der Waals surface area contributed by atoms with E-state index in [4.69, 9.17) is 0 Å². The Labute approximate surface area is 106 Å². The molecular weight excluding hydrogens is 204 g/mol. The van der Waals surface area contributed by atoms with Crippen molar-refractivity contribution in [3.8, 4) is 0 Å². The van der Waals surface area contributed by atoms with Gasteiger partial charge in [0.2, 0.25) is 0 Å². The molecule has 0 heterocycles. The van der Waals surface area contributed by atoms with E-state index in [-0.39, 0.29) is 0 Å². The second-order valence-corrected chi connectivity index (χ2v) is 5.27. The van der Waals surface area contributed by atoms with Gasteiger partial charge in [-0.1, -0.05) is 62.1 Å². The molecule has 0 N–H and O–H groups in total. The quantitative estimate of drug-likeness (QED) is 0.652. The van der Waals surface area contributed by atoms with Crippen molar-refractivity contribution in [3.63, 3.8) is 0 Å². The lowest BCUT2D eigenvalue weighted by Crippen LogP contribution is -2.08. The average Bonchev–Trinajstić information content (AvgIpc) is 2.38. The van der Waals surface area contributed by atoms with Crippen LogP contribution in [0.3, 0.4) is 0 Å². The van der Waals surface area contributed by atoms with E-state index in [1.165, 1.54) is 43.2 Å². The summed E-state index contributed by atoms with van der Waals surface area (Å²) in [6.07, 6.45) is 10.6. The Morgan fingerprint density at radius 2 is 1.76 bits per heavy atom. The van der Waals surface area contributed by atoms with Crippen LogP contribution in [-0.2, 0) is 0 Å². The van der Waals surface area contributed by atoms with Crippen molar-refractivity contribution in [1.82, 2.24) is 0 Å². The summed E-state index contributed by atoms with van der Waals surface area (Å²) in [6, 6.07) is 9.07. The third-order valence-electron chi connectivity index (χ3n) is 3.85. The predicted molar refractivity (Wildman–Crippen MR) is 76.0 cm³/mol.